The van der Waals surface area contributed by atoms with Gasteiger partial charge in [0.25, 0.3) is 11.4 Å². The summed E-state index contributed by atoms with van der Waals surface area (Å²) in [5.41, 5.74) is 0.108. The van der Waals surface area contributed by atoms with Gasteiger partial charge in [0.2, 0.25) is 0 Å². The molecule has 4 aromatic rings. The summed E-state index contributed by atoms with van der Waals surface area (Å²) in [6.07, 6.45) is 3.18. The molecule has 0 unspecified atom stereocenters. The lowest BCUT2D eigenvalue weighted by Crippen LogP contribution is -2.05. The predicted molar refractivity (Wildman–Crippen MR) is 142 cm³/mol. The Morgan fingerprint density at radius 1 is 0.853 bits per heavy atom. The van der Waals surface area contributed by atoms with Crippen LogP contribution in [-0.2, 0) is 0 Å². The average Bonchev–Trinajstić information content (AvgIpc) is 3.58. The van der Waals surface area contributed by atoms with Crippen LogP contribution in [0.2, 0.25) is 0 Å². The van der Waals surface area contributed by atoms with Crippen molar-refractivity contribution >= 4 is 66.9 Å². The van der Waals surface area contributed by atoms with E-state index in [1.165, 1.54) is 20.7 Å². The third-order valence-corrected chi connectivity index (χ3v) is 9.20. The lowest BCUT2D eigenvalue weighted by atomic mass is 10.3. The molecule has 0 aliphatic heterocycles. The zero-order chi connectivity index (χ0) is 24.2. The number of ether oxygens (including phenoxy) is 1. The quantitative estimate of drug-likeness (QED) is 0.191. The molecule has 4 heterocycles. The van der Waals surface area contributed by atoms with E-state index in [1.807, 2.05) is 44.2 Å². The molecule has 0 saturated carbocycles. The minimum atomic E-state index is -0.0213. The highest BCUT2D eigenvalue weighted by atomic mass is 32.1. The maximum absolute atomic E-state index is 9.15. The van der Waals surface area contributed by atoms with Crippen LogP contribution in [0.3, 0.4) is 0 Å². The molecule has 0 saturated heterocycles. The van der Waals surface area contributed by atoms with Gasteiger partial charge in [0.15, 0.2) is 0 Å². The van der Waals surface area contributed by atoms with Gasteiger partial charge in [-0.25, -0.2) is 20.2 Å². The SMILES string of the molecule is [C-]#[N+]/C(C#N)=C\c1ccc(-c2cc3sc(-c4cc(OC(C)C)c(/C=C(\C#N)[N+]#[C-])s4)cc3s2)s1. The van der Waals surface area contributed by atoms with Crippen molar-refractivity contribution in [2.45, 2.75) is 20.0 Å². The van der Waals surface area contributed by atoms with Crippen LogP contribution in [-0.4, -0.2) is 6.10 Å². The molecule has 34 heavy (non-hydrogen) atoms. The van der Waals surface area contributed by atoms with Crippen molar-refractivity contribution in [1.29, 1.82) is 10.5 Å². The van der Waals surface area contributed by atoms with Crippen LogP contribution in [0.5, 0.6) is 5.75 Å². The molecule has 0 spiro atoms. The third kappa shape index (κ3) is 4.95. The first-order valence-electron chi connectivity index (χ1n) is 9.87. The monoisotopic (exact) mass is 514 g/mol. The smallest absolute Gasteiger partial charge is 0.263 e. The summed E-state index contributed by atoms with van der Waals surface area (Å²) >= 11 is 6.46. The van der Waals surface area contributed by atoms with Crippen LogP contribution >= 0.6 is 45.3 Å². The number of rotatable bonds is 6. The van der Waals surface area contributed by atoms with E-state index in [1.54, 1.807) is 46.2 Å². The molecule has 164 valence electrons. The first-order valence-corrected chi connectivity index (χ1v) is 13.1. The first kappa shape index (κ1) is 23.5. The Hall–Kier alpha value is -3.70. The third-order valence-electron chi connectivity index (χ3n) is 4.42. The van der Waals surface area contributed by atoms with Crippen molar-refractivity contribution in [1.82, 2.24) is 0 Å². The summed E-state index contributed by atoms with van der Waals surface area (Å²) in [5, 5.41) is 18.1. The highest BCUT2D eigenvalue weighted by Gasteiger charge is 2.16. The Morgan fingerprint density at radius 2 is 1.44 bits per heavy atom. The first-order chi connectivity index (χ1) is 16.4. The largest absolute Gasteiger partial charge is 0.490 e. The standard InChI is InChI=1S/C25H14N4OS4/c1-14(2)30-18-9-21(32-20(18)8-16(13-27)29-4)23-11-25-24(34-23)10-22(33-25)19-6-5-17(31-19)7-15(12-26)28-3/h5-11,14H,1-2H3/b15-7-,16-8+. The summed E-state index contributed by atoms with van der Waals surface area (Å²) in [7, 11) is 0. The van der Waals surface area contributed by atoms with Crippen molar-refractivity contribution in [3.8, 4) is 37.4 Å². The highest BCUT2D eigenvalue weighted by Crippen LogP contribution is 2.46. The second-order valence-corrected chi connectivity index (χ2v) is 11.5. The van der Waals surface area contributed by atoms with Crippen molar-refractivity contribution in [2.24, 2.45) is 0 Å². The van der Waals surface area contributed by atoms with Crippen LogP contribution in [0, 0.1) is 35.8 Å². The minimum absolute atomic E-state index is 0.0213. The van der Waals surface area contributed by atoms with Crippen molar-refractivity contribution in [3.05, 3.63) is 74.3 Å². The van der Waals surface area contributed by atoms with Crippen molar-refractivity contribution in [3.63, 3.8) is 0 Å². The topological polar surface area (TPSA) is 65.5 Å². The van der Waals surface area contributed by atoms with Gasteiger partial charge in [-0.2, -0.15) is 0 Å². The van der Waals surface area contributed by atoms with Crippen molar-refractivity contribution < 1.29 is 4.74 Å². The number of hydrogen-bond acceptors (Lipinski definition) is 7. The number of hydrogen-bond donors (Lipinski definition) is 0. The fraction of sp³-hybridized carbons (Fsp3) is 0.120. The molecular weight excluding hydrogens is 501 g/mol. The summed E-state index contributed by atoms with van der Waals surface area (Å²) in [6, 6.07) is 14.1. The van der Waals surface area contributed by atoms with Gasteiger partial charge in [-0.15, -0.1) is 45.3 Å². The van der Waals surface area contributed by atoms with Crippen LogP contribution in [0.4, 0.5) is 0 Å². The molecule has 0 N–H and O–H groups in total. The molecule has 0 radical (unpaired) electrons. The summed E-state index contributed by atoms with van der Waals surface area (Å²) in [6.45, 7) is 18.1. The molecule has 0 atom stereocenters. The number of nitriles is 2. The van der Waals surface area contributed by atoms with Crippen LogP contribution < -0.4 is 4.74 Å². The zero-order valence-electron chi connectivity index (χ0n) is 17.9. The number of allylic oxidation sites excluding steroid dienone is 2. The molecule has 5 nitrogen and oxygen atoms in total. The second-order valence-electron chi connectivity index (χ2n) is 7.16. The van der Waals surface area contributed by atoms with Crippen LogP contribution in [0.25, 0.3) is 50.8 Å². The molecule has 0 aliphatic carbocycles. The fourth-order valence-corrected chi connectivity index (χ4v) is 7.56. The van der Waals surface area contributed by atoms with E-state index in [2.05, 4.69) is 21.8 Å². The summed E-state index contributed by atoms with van der Waals surface area (Å²) in [4.78, 5) is 12.5. The Bertz CT molecular complexity index is 1550. The fourth-order valence-electron chi connectivity index (χ4n) is 3.04. The van der Waals surface area contributed by atoms with E-state index in [-0.39, 0.29) is 17.5 Å². The second kappa shape index (κ2) is 10.1. The molecule has 4 aromatic heterocycles. The van der Waals surface area contributed by atoms with Crippen LogP contribution in [0.1, 0.15) is 23.6 Å². The Balaban J connectivity index is 1.66. The van der Waals surface area contributed by atoms with E-state index in [9.17, 15) is 0 Å². The lowest BCUT2D eigenvalue weighted by molar-refractivity contribution is 0.243. The minimum Gasteiger partial charge on any atom is -0.490 e. The molecular formula is C25H14N4OS4. The molecule has 9 heteroatoms. The van der Waals surface area contributed by atoms with E-state index in [0.29, 0.717) is 5.75 Å². The molecule has 0 amide bonds. The Labute approximate surface area is 213 Å². The maximum atomic E-state index is 9.15. The maximum Gasteiger partial charge on any atom is 0.263 e. The Kier molecular flexibility index (Phi) is 6.94. The molecule has 0 aromatic carbocycles. The molecule has 0 bridgehead atoms. The van der Waals surface area contributed by atoms with Gasteiger partial charge in [0, 0.05) is 39.9 Å². The van der Waals surface area contributed by atoms with E-state index in [0.717, 1.165) is 29.3 Å². The molecule has 0 aliphatic rings. The number of thiophene rings is 4. The summed E-state index contributed by atoms with van der Waals surface area (Å²) in [5.74, 6) is 0.680. The van der Waals surface area contributed by atoms with Gasteiger partial charge in [-0.05, 0) is 50.3 Å². The van der Waals surface area contributed by atoms with E-state index >= 15 is 0 Å². The predicted octanol–water partition coefficient (Wildman–Crippen LogP) is 8.77. The van der Waals surface area contributed by atoms with Gasteiger partial charge in [0.05, 0.1) is 36.3 Å². The normalized spacial score (nSPS) is 11.7. The zero-order valence-corrected chi connectivity index (χ0v) is 21.2. The lowest BCUT2D eigenvalue weighted by Gasteiger charge is -2.08. The number of fused-ring (bicyclic) bond motifs is 1. The molecule has 0 fully saturated rings. The average molecular weight is 515 g/mol. The van der Waals surface area contributed by atoms with E-state index < -0.39 is 0 Å². The van der Waals surface area contributed by atoms with Gasteiger partial charge >= 0.3 is 0 Å². The van der Waals surface area contributed by atoms with Crippen molar-refractivity contribution in [2.75, 3.05) is 0 Å². The Morgan fingerprint density at radius 3 is 2.03 bits per heavy atom. The molecule has 4 rings (SSSR count). The van der Waals surface area contributed by atoms with Gasteiger partial charge in [-0.1, -0.05) is 0 Å². The van der Waals surface area contributed by atoms with Gasteiger partial charge in [0.1, 0.15) is 5.75 Å². The number of nitrogens with zero attached hydrogens (tertiary/aromatic N) is 4. The van der Waals surface area contributed by atoms with Crippen LogP contribution in [0.15, 0.2) is 41.7 Å². The summed E-state index contributed by atoms with van der Waals surface area (Å²) < 4.78 is 8.29. The highest BCUT2D eigenvalue weighted by molar-refractivity contribution is 7.33. The van der Waals surface area contributed by atoms with Gasteiger partial charge < -0.3 is 4.74 Å². The van der Waals surface area contributed by atoms with Gasteiger partial charge in [-0.3, -0.25) is 0 Å². The van der Waals surface area contributed by atoms with E-state index in [4.69, 9.17) is 28.4 Å².